The van der Waals surface area contributed by atoms with Crippen molar-refractivity contribution in [2.75, 3.05) is 25.3 Å². The lowest BCUT2D eigenvalue weighted by molar-refractivity contribution is -0.113. The van der Waals surface area contributed by atoms with Crippen LogP contribution in [0, 0.1) is 0 Å². The van der Waals surface area contributed by atoms with Crippen molar-refractivity contribution in [3.63, 3.8) is 0 Å². The number of carbonyl (C=O) groups excluding carboxylic acids is 3. The molecule has 0 atom stereocenters. The Kier molecular flexibility index (Phi) is 6.47. The van der Waals surface area contributed by atoms with Gasteiger partial charge < -0.3 is 14.8 Å². The number of rotatable bonds is 6. The number of thioether (sulfide) groups is 1. The van der Waals surface area contributed by atoms with Gasteiger partial charge in [0.1, 0.15) is 0 Å². The number of hydrogen-bond donors (Lipinski definition) is 1. The summed E-state index contributed by atoms with van der Waals surface area (Å²) in [7, 11) is 2.45. The topological polar surface area (TPSA) is 107 Å². The highest BCUT2D eigenvalue weighted by atomic mass is 32.2. The molecule has 25 heavy (non-hydrogen) atoms. The zero-order valence-electron chi connectivity index (χ0n) is 13.5. The van der Waals surface area contributed by atoms with E-state index in [2.05, 4.69) is 24.8 Å². The largest absolute Gasteiger partial charge is 0.465 e. The summed E-state index contributed by atoms with van der Waals surface area (Å²) in [5.74, 6) is -1.53. The van der Waals surface area contributed by atoms with Gasteiger partial charge in [-0.1, -0.05) is 11.8 Å². The fourth-order valence-electron chi connectivity index (χ4n) is 1.86. The third kappa shape index (κ3) is 5.28. The predicted octanol–water partition coefficient (Wildman–Crippen LogP) is 1.78. The molecule has 9 heteroatoms. The molecular formula is C16H15N3O5S. The lowest BCUT2D eigenvalue weighted by atomic mass is 10.1. The van der Waals surface area contributed by atoms with E-state index in [9.17, 15) is 14.4 Å². The summed E-state index contributed by atoms with van der Waals surface area (Å²) in [5, 5.41) is 3.09. The van der Waals surface area contributed by atoms with Gasteiger partial charge in [-0.05, 0) is 24.3 Å². The molecule has 0 saturated carbocycles. The van der Waals surface area contributed by atoms with Gasteiger partial charge in [0.25, 0.3) is 0 Å². The SMILES string of the molecule is COC(=O)c1cc(NC(=O)CSc2ncccn2)cc(C(=O)OC)c1. The van der Waals surface area contributed by atoms with Crippen LogP contribution in [-0.4, -0.2) is 47.8 Å². The van der Waals surface area contributed by atoms with E-state index in [-0.39, 0.29) is 28.5 Å². The van der Waals surface area contributed by atoms with E-state index in [0.717, 1.165) is 11.8 Å². The van der Waals surface area contributed by atoms with Gasteiger partial charge in [0, 0.05) is 18.1 Å². The zero-order valence-corrected chi connectivity index (χ0v) is 14.3. The Balaban J connectivity index is 2.12. The van der Waals surface area contributed by atoms with Crippen molar-refractivity contribution in [2.45, 2.75) is 5.16 Å². The maximum Gasteiger partial charge on any atom is 0.337 e. The van der Waals surface area contributed by atoms with E-state index in [1.165, 1.54) is 32.4 Å². The Morgan fingerprint density at radius 1 is 1.00 bits per heavy atom. The first-order valence-electron chi connectivity index (χ1n) is 7.05. The van der Waals surface area contributed by atoms with E-state index in [4.69, 9.17) is 0 Å². The number of amides is 1. The zero-order chi connectivity index (χ0) is 18.2. The van der Waals surface area contributed by atoms with Crippen LogP contribution in [0.4, 0.5) is 5.69 Å². The minimum Gasteiger partial charge on any atom is -0.465 e. The minimum absolute atomic E-state index is 0.0695. The first kappa shape index (κ1) is 18.4. The van der Waals surface area contributed by atoms with Gasteiger partial charge in [0.2, 0.25) is 5.91 Å². The lowest BCUT2D eigenvalue weighted by Gasteiger charge is -2.09. The molecule has 1 aromatic carbocycles. The number of anilines is 1. The van der Waals surface area contributed by atoms with E-state index in [1.54, 1.807) is 18.5 Å². The number of ether oxygens (including phenoxy) is 2. The number of methoxy groups -OCH3 is 2. The Morgan fingerprint density at radius 2 is 1.56 bits per heavy atom. The maximum atomic E-state index is 12.1. The number of carbonyl (C=O) groups is 3. The summed E-state index contributed by atoms with van der Waals surface area (Å²) in [4.78, 5) is 43.5. The Labute approximate surface area is 148 Å². The number of benzene rings is 1. The van der Waals surface area contributed by atoms with Crippen molar-refractivity contribution < 1.29 is 23.9 Å². The lowest BCUT2D eigenvalue weighted by Crippen LogP contribution is -2.16. The minimum atomic E-state index is -0.631. The summed E-state index contributed by atoms with van der Waals surface area (Å²) in [6, 6.07) is 5.84. The molecule has 130 valence electrons. The van der Waals surface area contributed by atoms with Crippen LogP contribution in [-0.2, 0) is 14.3 Å². The van der Waals surface area contributed by atoms with Gasteiger partial charge in [-0.15, -0.1) is 0 Å². The summed E-state index contributed by atoms with van der Waals surface area (Å²) in [5.41, 5.74) is 0.530. The van der Waals surface area contributed by atoms with Crippen molar-refractivity contribution in [1.29, 1.82) is 0 Å². The van der Waals surface area contributed by atoms with Gasteiger partial charge in [-0.3, -0.25) is 4.79 Å². The third-order valence-electron chi connectivity index (χ3n) is 2.93. The summed E-state index contributed by atoms with van der Waals surface area (Å²) >= 11 is 1.16. The molecule has 0 radical (unpaired) electrons. The number of nitrogens with zero attached hydrogens (tertiary/aromatic N) is 2. The van der Waals surface area contributed by atoms with Crippen LogP contribution in [0.5, 0.6) is 0 Å². The van der Waals surface area contributed by atoms with Gasteiger partial charge in [-0.25, -0.2) is 19.6 Å². The molecule has 0 bridgehead atoms. The molecule has 0 saturated heterocycles. The molecule has 1 amide bonds. The van der Waals surface area contributed by atoms with Gasteiger partial charge >= 0.3 is 11.9 Å². The highest BCUT2D eigenvalue weighted by Crippen LogP contribution is 2.18. The average Bonchev–Trinajstić information content (AvgIpc) is 2.65. The van der Waals surface area contributed by atoms with E-state index < -0.39 is 11.9 Å². The molecule has 2 aromatic rings. The Hall–Kier alpha value is -2.94. The second-order valence-corrected chi connectivity index (χ2v) is 5.59. The fourth-order valence-corrected chi connectivity index (χ4v) is 2.46. The highest BCUT2D eigenvalue weighted by Gasteiger charge is 2.15. The maximum absolute atomic E-state index is 12.1. The first-order chi connectivity index (χ1) is 12.0. The van der Waals surface area contributed by atoms with Crippen molar-refractivity contribution in [1.82, 2.24) is 9.97 Å². The molecule has 1 aromatic heterocycles. The van der Waals surface area contributed by atoms with Gasteiger partial charge in [-0.2, -0.15) is 0 Å². The smallest absolute Gasteiger partial charge is 0.337 e. The molecule has 8 nitrogen and oxygen atoms in total. The molecule has 2 rings (SSSR count). The molecule has 0 aliphatic rings. The molecule has 1 heterocycles. The number of hydrogen-bond acceptors (Lipinski definition) is 8. The molecular weight excluding hydrogens is 346 g/mol. The van der Waals surface area contributed by atoms with E-state index in [1.807, 2.05) is 0 Å². The van der Waals surface area contributed by atoms with Crippen LogP contribution in [0.3, 0.4) is 0 Å². The van der Waals surface area contributed by atoms with Crippen molar-refractivity contribution in [3.05, 3.63) is 47.8 Å². The summed E-state index contributed by atoms with van der Waals surface area (Å²) < 4.78 is 9.29. The Morgan fingerprint density at radius 3 is 2.08 bits per heavy atom. The van der Waals surface area contributed by atoms with Crippen molar-refractivity contribution in [2.24, 2.45) is 0 Å². The third-order valence-corrected chi connectivity index (χ3v) is 3.81. The molecule has 0 unspecified atom stereocenters. The van der Waals surface area contributed by atoms with Crippen LogP contribution >= 0.6 is 11.8 Å². The average molecular weight is 361 g/mol. The second kappa shape index (κ2) is 8.78. The van der Waals surface area contributed by atoms with Crippen molar-refractivity contribution in [3.8, 4) is 0 Å². The molecule has 1 N–H and O–H groups in total. The van der Waals surface area contributed by atoms with Crippen LogP contribution in [0.15, 0.2) is 41.8 Å². The van der Waals surface area contributed by atoms with Gasteiger partial charge in [0.05, 0.1) is 31.1 Å². The Bertz CT molecular complexity index is 748. The predicted molar refractivity (Wildman–Crippen MR) is 90.5 cm³/mol. The van der Waals surface area contributed by atoms with Crippen LogP contribution in [0.25, 0.3) is 0 Å². The van der Waals surface area contributed by atoms with E-state index in [0.29, 0.717) is 5.16 Å². The monoisotopic (exact) mass is 361 g/mol. The van der Waals surface area contributed by atoms with Crippen LogP contribution in [0.2, 0.25) is 0 Å². The number of aromatic nitrogens is 2. The molecule has 0 aliphatic carbocycles. The summed E-state index contributed by atoms with van der Waals surface area (Å²) in [6.07, 6.45) is 3.16. The molecule has 0 spiro atoms. The standard InChI is InChI=1S/C16H15N3O5S/c1-23-14(21)10-6-11(15(22)24-2)8-12(7-10)19-13(20)9-25-16-17-4-3-5-18-16/h3-8H,9H2,1-2H3,(H,19,20). The van der Waals surface area contributed by atoms with Gasteiger partial charge in [0.15, 0.2) is 5.16 Å². The van der Waals surface area contributed by atoms with Crippen LogP contribution in [0.1, 0.15) is 20.7 Å². The summed E-state index contributed by atoms with van der Waals surface area (Å²) in [6.45, 7) is 0. The normalized spacial score (nSPS) is 10.0. The highest BCUT2D eigenvalue weighted by molar-refractivity contribution is 7.99. The van der Waals surface area contributed by atoms with Crippen molar-refractivity contribution >= 4 is 35.3 Å². The number of esters is 2. The quantitative estimate of drug-likeness (QED) is 0.471. The fraction of sp³-hybridized carbons (Fsp3) is 0.188. The number of nitrogens with one attached hydrogen (secondary N) is 1. The van der Waals surface area contributed by atoms with Crippen LogP contribution < -0.4 is 5.32 Å². The van der Waals surface area contributed by atoms with E-state index >= 15 is 0 Å². The molecule has 0 aliphatic heterocycles. The molecule has 0 fully saturated rings. The second-order valence-electron chi connectivity index (χ2n) is 4.65. The first-order valence-corrected chi connectivity index (χ1v) is 8.03.